The average molecular weight is 274 g/mol. The standard InChI is InChI=1S/C11H18N2O6/c1-6-3-13(4-7(6)10(17)19-2)11(18)12-8(5-14)9(15)16/h6-8,14H,3-5H2,1-2H3,(H,12,18)(H,15,16). The molecule has 1 aliphatic heterocycles. The molecule has 2 amide bonds. The number of hydrogen-bond acceptors (Lipinski definition) is 5. The number of carboxylic acids is 1. The Hall–Kier alpha value is -1.83. The first-order chi connectivity index (χ1) is 8.90. The molecule has 3 atom stereocenters. The number of methoxy groups -OCH3 is 1. The molecule has 1 fully saturated rings. The van der Waals surface area contributed by atoms with Crippen molar-refractivity contribution in [3.05, 3.63) is 0 Å². The normalized spacial score (nSPS) is 23.8. The van der Waals surface area contributed by atoms with Crippen LogP contribution in [0.5, 0.6) is 0 Å². The van der Waals surface area contributed by atoms with E-state index in [4.69, 9.17) is 10.2 Å². The van der Waals surface area contributed by atoms with Crippen LogP contribution in [0.15, 0.2) is 0 Å². The molecule has 3 N–H and O–H groups in total. The summed E-state index contributed by atoms with van der Waals surface area (Å²) in [5.41, 5.74) is 0. The van der Waals surface area contributed by atoms with Gasteiger partial charge < -0.3 is 25.2 Å². The molecule has 8 nitrogen and oxygen atoms in total. The van der Waals surface area contributed by atoms with Crippen LogP contribution in [-0.4, -0.2) is 65.9 Å². The van der Waals surface area contributed by atoms with Crippen LogP contribution in [-0.2, 0) is 14.3 Å². The van der Waals surface area contributed by atoms with Gasteiger partial charge in [-0.05, 0) is 5.92 Å². The number of aliphatic carboxylic acids is 1. The molecule has 0 aliphatic carbocycles. The molecule has 0 radical (unpaired) electrons. The van der Waals surface area contributed by atoms with Gasteiger partial charge in [0, 0.05) is 13.1 Å². The van der Waals surface area contributed by atoms with Crippen LogP contribution in [0.4, 0.5) is 4.79 Å². The number of carboxylic acid groups (broad SMARTS) is 1. The van der Waals surface area contributed by atoms with Gasteiger partial charge in [-0.25, -0.2) is 9.59 Å². The molecule has 0 aromatic heterocycles. The molecule has 108 valence electrons. The van der Waals surface area contributed by atoms with E-state index in [0.29, 0.717) is 6.54 Å². The smallest absolute Gasteiger partial charge is 0.328 e. The fourth-order valence-electron chi connectivity index (χ4n) is 2.02. The van der Waals surface area contributed by atoms with Crippen LogP contribution in [0, 0.1) is 11.8 Å². The van der Waals surface area contributed by atoms with Gasteiger partial charge in [0.1, 0.15) is 0 Å². The molecule has 0 bridgehead atoms. The highest BCUT2D eigenvalue weighted by atomic mass is 16.5. The average Bonchev–Trinajstić information content (AvgIpc) is 2.76. The molecule has 1 heterocycles. The summed E-state index contributed by atoms with van der Waals surface area (Å²) in [6.45, 7) is 1.64. The van der Waals surface area contributed by atoms with Crippen LogP contribution in [0.25, 0.3) is 0 Å². The second-order valence-corrected chi connectivity index (χ2v) is 4.53. The molecule has 1 saturated heterocycles. The number of ether oxygens (including phenoxy) is 1. The Balaban J connectivity index is 2.60. The van der Waals surface area contributed by atoms with Crippen molar-refractivity contribution in [3.8, 4) is 0 Å². The summed E-state index contributed by atoms with van der Waals surface area (Å²) in [6, 6.07) is -1.96. The monoisotopic (exact) mass is 274 g/mol. The maximum absolute atomic E-state index is 11.8. The Morgan fingerprint density at radius 2 is 2.05 bits per heavy atom. The number of aliphatic hydroxyl groups is 1. The molecule has 3 unspecified atom stereocenters. The Morgan fingerprint density at radius 1 is 1.42 bits per heavy atom. The lowest BCUT2D eigenvalue weighted by molar-refractivity contribution is -0.146. The number of likely N-dealkylation sites (tertiary alicyclic amines) is 1. The summed E-state index contributed by atoms with van der Waals surface area (Å²) in [4.78, 5) is 35.3. The second-order valence-electron chi connectivity index (χ2n) is 4.53. The van der Waals surface area contributed by atoms with Crippen molar-refractivity contribution in [3.63, 3.8) is 0 Å². The van der Waals surface area contributed by atoms with Crippen LogP contribution in [0.3, 0.4) is 0 Å². The minimum Gasteiger partial charge on any atom is -0.480 e. The van der Waals surface area contributed by atoms with Crippen molar-refractivity contribution in [2.75, 3.05) is 26.8 Å². The zero-order valence-corrected chi connectivity index (χ0v) is 10.8. The molecule has 8 heteroatoms. The third-order valence-electron chi connectivity index (χ3n) is 3.18. The summed E-state index contributed by atoms with van der Waals surface area (Å²) in [7, 11) is 1.28. The number of hydrogen-bond donors (Lipinski definition) is 3. The van der Waals surface area contributed by atoms with E-state index in [1.54, 1.807) is 0 Å². The molecule has 1 aliphatic rings. The van der Waals surface area contributed by atoms with E-state index in [1.807, 2.05) is 6.92 Å². The summed E-state index contributed by atoms with van der Waals surface area (Å²) >= 11 is 0. The van der Waals surface area contributed by atoms with Crippen molar-refractivity contribution in [2.24, 2.45) is 11.8 Å². The van der Waals surface area contributed by atoms with E-state index >= 15 is 0 Å². The van der Waals surface area contributed by atoms with Crippen molar-refractivity contribution in [1.82, 2.24) is 10.2 Å². The van der Waals surface area contributed by atoms with Gasteiger partial charge in [0.05, 0.1) is 19.6 Å². The topological polar surface area (TPSA) is 116 Å². The lowest BCUT2D eigenvalue weighted by atomic mass is 9.99. The zero-order chi connectivity index (χ0) is 14.6. The van der Waals surface area contributed by atoms with E-state index < -0.39 is 30.6 Å². The van der Waals surface area contributed by atoms with Gasteiger partial charge in [0.25, 0.3) is 0 Å². The highest BCUT2D eigenvalue weighted by Gasteiger charge is 2.38. The highest BCUT2D eigenvalue weighted by molar-refractivity contribution is 5.83. The number of nitrogens with one attached hydrogen (secondary N) is 1. The molecule has 19 heavy (non-hydrogen) atoms. The van der Waals surface area contributed by atoms with Crippen molar-refractivity contribution in [2.45, 2.75) is 13.0 Å². The SMILES string of the molecule is COC(=O)C1CN(C(=O)NC(CO)C(=O)O)CC1C. The number of rotatable bonds is 4. The Morgan fingerprint density at radius 3 is 2.53 bits per heavy atom. The lowest BCUT2D eigenvalue weighted by Gasteiger charge is -2.19. The zero-order valence-electron chi connectivity index (χ0n) is 10.8. The maximum Gasteiger partial charge on any atom is 0.328 e. The highest BCUT2D eigenvalue weighted by Crippen LogP contribution is 2.23. The van der Waals surface area contributed by atoms with Gasteiger partial charge in [0.2, 0.25) is 0 Å². The van der Waals surface area contributed by atoms with Crippen molar-refractivity contribution >= 4 is 18.0 Å². The van der Waals surface area contributed by atoms with E-state index in [2.05, 4.69) is 10.1 Å². The van der Waals surface area contributed by atoms with E-state index in [9.17, 15) is 14.4 Å². The number of carbonyl (C=O) groups excluding carboxylic acids is 2. The first kappa shape index (κ1) is 15.2. The second kappa shape index (κ2) is 6.37. The van der Waals surface area contributed by atoms with E-state index in [0.717, 1.165) is 0 Å². The van der Waals surface area contributed by atoms with Crippen LogP contribution in [0.1, 0.15) is 6.92 Å². The Kier molecular flexibility index (Phi) is 5.11. The van der Waals surface area contributed by atoms with Crippen LogP contribution in [0.2, 0.25) is 0 Å². The maximum atomic E-state index is 11.8. The molecule has 0 aromatic carbocycles. The van der Waals surface area contributed by atoms with E-state index in [-0.39, 0.29) is 18.4 Å². The quantitative estimate of drug-likeness (QED) is 0.559. The third-order valence-corrected chi connectivity index (χ3v) is 3.18. The van der Waals surface area contributed by atoms with Gasteiger partial charge in [-0.15, -0.1) is 0 Å². The summed E-state index contributed by atoms with van der Waals surface area (Å²) in [5, 5.41) is 19.7. The first-order valence-electron chi connectivity index (χ1n) is 5.87. The van der Waals surface area contributed by atoms with Gasteiger partial charge in [-0.1, -0.05) is 6.92 Å². The lowest BCUT2D eigenvalue weighted by Crippen LogP contribution is -2.49. The molecule has 0 saturated carbocycles. The van der Waals surface area contributed by atoms with Crippen molar-refractivity contribution < 1.29 is 29.3 Å². The predicted molar refractivity (Wildman–Crippen MR) is 63.3 cm³/mol. The largest absolute Gasteiger partial charge is 0.480 e. The fraction of sp³-hybridized carbons (Fsp3) is 0.727. The van der Waals surface area contributed by atoms with E-state index in [1.165, 1.54) is 12.0 Å². The van der Waals surface area contributed by atoms with Crippen LogP contribution >= 0.6 is 0 Å². The van der Waals surface area contributed by atoms with Gasteiger partial charge in [-0.2, -0.15) is 0 Å². The number of aliphatic hydroxyl groups excluding tert-OH is 1. The fourth-order valence-corrected chi connectivity index (χ4v) is 2.02. The number of nitrogens with zero attached hydrogens (tertiary/aromatic N) is 1. The first-order valence-corrected chi connectivity index (χ1v) is 5.87. The number of esters is 1. The Bertz CT molecular complexity index is 372. The minimum absolute atomic E-state index is 0.0596. The molecular formula is C11H18N2O6. The van der Waals surface area contributed by atoms with Crippen molar-refractivity contribution in [1.29, 1.82) is 0 Å². The molecular weight excluding hydrogens is 256 g/mol. The van der Waals surface area contributed by atoms with Crippen LogP contribution < -0.4 is 5.32 Å². The molecule has 0 spiro atoms. The number of amides is 2. The minimum atomic E-state index is -1.35. The Labute approximate surface area is 110 Å². The number of urea groups is 1. The summed E-state index contributed by atoms with van der Waals surface area (Å²) in [5.74, 6) is -2.17. The summed E-state index contributed by atoms with van der Waals surface area (Å²) in [6.07, 6.45) is 0. The predicted octanol–water partition coefficient (Wildman–Crippen LogP) is -1.12. The summed E-state index contributed by atoms with van der Waals surface area (Å²) < 4.78 is 4.64. The van der Waals surface area contributed by atoms with Gasteiger partial charge in [0.15, 0.2) is 6.04 Å². The van der Waals surface area contributed by atoms with Gasteiger partial charge in [-0.3, -0.25) is 4.79 Å². The molecule has 0 aromatic rings. The van der Waals surface area contributed by atoms with Gasteiger partial charge >= 0.3 is 18.0 Å². The number of carbonyl (C=O) groups is 3. The third kappa shape index (κ3) is 3.57. The molecule has 1 rings (SSSR count).